The molecule has 0 amide bonds. The molecule has 1 aromatic carbocycles. The maximum atomic E-state index is 12.7. The number of hydrogen-bond acceptors (Lipinski definition) is 4. The van der Waals surface area contributed by atoms with Crippen LogP contribution in [-0.4, -0.2) is 15.0 Å². The lowest BCUT2D eigenvalue weighted by atomic mass is 10.0. The van der Waals surface area contributed by atoms with Gasteiger partial charge in [-0.25, -0.2) is 4.98 Å². The Hall–Kier alpha value is -2.79. The molecule has 4 nitrogen and oxygen atoms in total. The molecule has 0 aliphatic carbocycles. The smallest absolute Gasteiger partial charge is 0.260 e. The van der Waals surface area contributed by atoms with Crippen LogP contribution >= 0.6 is 11.3 Å². The Kier molecular flexibility index (Phi) is 3.50. The molecule has 4 aromatic rings. The molecule has 0 aliphatic rings. The highest BCUT2D eigenvalue weighted by Gasteiger charge is 2.17. The predicted octanol–water partition coefficient (Wildman–Crippen LogP) is 4.33. The lowest BCUT2D eigenvalue weighted by Gasteiger charge is -2.03. The van der Waals surface area contributed by atoms with Gasteiger partial charge in [0.2, 0.25) is 0 Å². The first-order valence-corrected chi connectivity index (χ1v) is 8.47. The third-order valence-electron chi connectivity index (χ3n) is 3.99. The highest BCUT2D eigenvalue weighted by Crippen LogP contribution is 2.36. The first-order valence-electron chi connectivity index (χ1n) is 7.65. The molecule has 24 heavy (non-hydrogen) atoms. The number of aromatic amines is 1. The SMILES string of the molecule is Cc1ccc(-c2c(C)sc3nc(-c4ccccn4)[nH]c(=O)c23)cc1. The fourth-order valence-corrected chi connectivity index (χ4v) is 3.86. The fourth-order valence-electron chi connectivity index (χ4n) is 2.81. The molecule has 3 heterocycles. The highest BCUT2D eigenvalue weighted by atomic mass is 32.1. The number of nitrogens with one attached hydrogen (secondary N) is 1. The quantitative estimate of drug-likeness (QED) is 0.594. The summed E-state index contributed by atoms with van der Waals surface area (Å²) >= 11 is 1.54. The summed E-state index contributed by atoms with van der Waals surface area (Å²) in [4.78, 5) is 26.3. The minimum Gasteiger partial charge on any atom is -0.305 e. The highest BCUT2D eigenvalue weighted by molar-refractivity contribution is 7.19. The average molecular weight is 333 g/mol. The second kappa shape index (κ2) is 5.69. The molecule has 0 saturated carbocycles. The monoisotopic (exact) mass is 333 g/mol. The molecule has 0 fully saturated rings. The third kappa shape index (κ3) is 2.43. The van der Waals surface area contributed by atoms with Crippen molar-refractivity contribution in [2.24, 2.45) is 0 Å². The van der Waals surface area contributed by atoms with Gasteiger partial charge < -0.3 is 4.98 Å². The van der Waals surface area contributed by atoms with Gasteiger partial charge in [0.1, 0.15) is 10.5 Å². The summed E-state index contributed by atoms with van der Waals surface area (Å²) in [7, 11) is 0. The zero-order valence-corrected chi connectivity index (χ0v) is 14.1. The first-order chi connectivity index (χ1) is 11.6. The molecule has 1 N–H and O–H groups in total. The van der Waals surface area contributed by atoms with E-state index in [0.29, 0.717) is 16.9 Å². The van der Waals surface area contributed by atoms with Gasteiger partial charge in [-0.15, -0.1) is 11.3 Å². The Morgan fingerprint density at radius 1 is 1.04 bits per heavy atom. The van der Waals surface area contributed by atoms with Crippen LogP contribution in [-0.2, 0) is 0 Å². The second-order valence-electron chi connectivity index (χ2n) is 5.71. The number of benzene rings is 1. The number of H-pyrrole nitrogens is 1. The summed E-state index contributed by atoms with van der Waals surface area (Å²) in [6.45, 7) is 4.08. The molecule has 0 saturated heterocycles. The molecule has 118 valence electrons. The average Bonchev–Trinajstić information content (AvgIpc) is 2.93. The van der Waals surface area contributed by atoms with Crippen LogP contribution in [0.1, 0.15) is 10.4 Å². The summed E-state index contributed by atoms with van der Waals surface area (Å²) in [6, 6.07) is 13.8. The van der Waals surface area contributed by atoms with Crippen LogP contribution in [0.25, 0.3) is 32.9 Å². The Morgan fingerprint density at radius 3 is 2.54 bits per heavy atom. The maximum absolute atomic E-state index is 12.7. The molecule has 4 rings (SSSR count). The standard InChI is InChI=1S/C19H15N3OS/c1-11-6-8-13(9-7-11)15-12(2)24-19-16(15)18(23)21-17(22-19)14-5-3-4-10-20-14/h3-10H,1-2H3,(H,21,22,23). The van der Waals surface area contributed by atoms with Gasteiger partial charge in [-0.3, -0.25) is 9.78 Å². The van der Waals surface area contributed by atoms with E-state index in [4.69, 9.17) is 0 Å². The van der Waals surface area contributed by atoms with Crippen LogP contribution in [0, 0.1) is 13.8 Å². The molecule has 5 heteroatoms. The topological polar surface area (TPSA) is 58.6 Å². The number of pyridine rings is 1. The van der Waals surface area contributed by atoms with Crippen molar-refractivity contribution < 1.29 is 0 Å². The van der Waals surface area contributed by atoms with E-state index in [1.54, 1.807) is 17.5 Å². The van der Waals surface area contributed by atoms with Crippen molar-refractivity contribution >= 4 is 21.6 Å². The van der Waals surface area contributed by atoms with Gasteiger partial charge in [0.25, 0.3) is 5.56 Å². The van der Waals surface area contributed by atoms with Gasteiger partial charge >= 0.3 is 0 Å². The summed E-state index contributed by atoms with van der Waals surface area (Å²) in [6.07, 6.45) is 1.69. The zero-order valence-electron chi connectivity index (χ0n) is 13.3. The summed E-state index contributed by atoms with van der Waals surface area (Å²) in [5, 5.41) is 0.654. The van der Waals surface area contributed by atoms with E-state index in [2.05, 4.69) is 46.1 Å². The largest absolute Gasteiger partial charge is 0.305 e. The molecule has 3 aromatic heterocycles. The number of aromatic nitrogens is 3. The minimum absolute atomic E-state index is 0.124. The Bertz CT molecular complexity index is 1080. The normalized spacial score (nSPS) is 11.1. The van der Waals surface area contributed by atoms with Gasteiger partial charge in [-0.2, -0.15) is 0 Å². The molecule has 0 unspecified atom stereocenters. The van der Waals surface area contributed by atoms with Crippen molar-refractivity contribution in [1.29, 1.82) is 0 Å². The van der Waals surface area contributed by atoms with Crippen molar-refractivity contribution in [2.45, 2.75) is 13.8 Å². The zero-order chi connectivity index (χ0) is 16.7. The van der Waals surface area contributed by atoms with Crippen LogP contribution in [0.4, 0.5) is 0 Å². The van der Waals surface area contributed by atoms with E-state index in [1.807, 2.05) is 25.1 Å². The van der Waals surface area contributed by atoms with Gasteiger partial charge in [0.05, 0.1) is 5.39 Å². The summed E-state index contributed by atoms with van der Waals surface area (Å²) in [5.74, 6) is 0.504. The van der Waals surface area contributed by atoms with Crippen molar-refractivity contribution in [3.8, 4) is 22.6 Å². The third-order valence-corrected chi connectivity index (χ3v) is 4.98. The van der Waals surface area contributed by atoms with E-state index in [-0.39, 0.29) is 5.56 Å². The predicted molar refractivity (Wildman–Crippen MR) is 98.4 cm³/mol. The molecule has 0 spiro atoms. The molecular formula is C19H15N3OS. The maximum Gasteiger partial charge on any atom is 0.260 e. The second-order valence-corrected chi connectivity index (χ2v) is 6.91. The van der Waals surface area contributed by atoms with E-state index >= 15 is 0 Å². The Morgan fingerprint density at radius 2 is 1.83 bits per heavy atom. The molecule has 0 bridgehead atoms. The molecule has 0 atom stereocenters. The molecule has 0 radical (unpaired) electrons. The van der Waals surface area contributed by atoms with Crippen LogP contribution in [0.2, 0.25) is 0 Å². The van der Waals surface area contributed by atoms with Crippen LogP contribution in [0.3, 0.4) is 0 Å². The number of fused-ring (bicyclic) bond motifs is 1. The van der Waals surface area contributed by atoms with Gasteiger partial charge in [-0.1, -0.05) is 35.9 Å². The van der Waals surface area contributed by atoms with Gasteiger partial charge in [-0.05, 0) is 31.5 Å². The molecule has 0 aliphatic heterocycles. The lowest BCUT2D eigenvalue weighted by molar-refractivity contribution is 1.15. The lowest BCUT2D eigenvalue weighted by Crippen LogP contribution is -2.09. The van der Waals surface area contributed by atoms with E-state index in [0.717, 1.165) is 20.8 Å². The van der Waals surface area contributed by atoms with E-state index < -0.39 is 0 Å². The number of hydrogen-bond donors (Lipinski definition) is 1. The number of rotatable bonds is 2. The van der Waals surface area contributed by atoms with Crippen molar-refractivity contribution in [3.05, 3.63) is 69.5 Å². The van der Waals surface area contributed by atoms with Crippen LogP contribution < -0.4 is 5.56 Å². The Labute approximate surface area is 142 Å². The van der Waals surface area contributed by atoms with Crippen LogP contribution in [0.5, 0.6) is 0 Å². The number of aryl methyl sites for hydroxylation is 2. The summed E-state index contributed by atoms with van der Waals surface area (Å²) < 4.78 is 0. The Balaban J connectivity index is 1.97. The minimum atomic E-state index is -0.124. The first kappa shape index (κ1) is 14.8. The fraction of sp³-hybridized carbons (Fsp3) is 0.105. The van der Waals surface area contributed by atoms with Crippen LogP contribution in [0.15, 0.2) is 53.5 Å². The van der Waals surface area contributed by atoms with E-state index in [1.165, 1.54) is 5.56 Å². The van der Waals surface area contributed by atoms with E-state index in [9.17, 15) is 4.79 Å². The van der Waals surface area contributed by atoms with Crippen molar-refractivity contribution in [3.63, 3.8) is 0 Å². The van der Waals surface area contributed by atoms with Crippen molar-refractivity contribution in [2.75, 3.05) is 0 Å². The van der Waals surface area contributed by atoms with Gasteiger partial charge in [0.15, 0.2) is 5.82 Å². The van der Waals surface area contributed by atoms with Crippen molar-refractivity contribution in [1.82, 2.24) is 15.0 Å². The summed E-state index contributed by atoms with van der Waals surface area (Å²) in [5.41, 5.74) is 3.75. The van der Waals surface area contributed by atoms with Gasteiger partial charge in [0, 0.05) is 16.6 Å². The number of nitrogens with zero attached hydrogens (tertiary/aromatic N) is 2. The molecular weight excluding hydrogens is 318 g/mol. The number of thiophene rings is 1.